The number of hydrogen-bond acceptors (Lipinski definition) is 3. The Kier molecular flexibility index (Phi) is 5.84. The van der Waals surface area contributed by atoms with Crippen molar-refractivity contribution in [2.45, 2.75) is 13.3 Å². The van der Waals surface area contributed by atoms with Gasteiger partial charge in [-0.05, 0) is 30.0 Å². The maximum Gasteiger partial charge on any atom is 0.126 e. The second-order valence-corrected chi connectivity index (χ2v) is 4.69. The van der Waals surface area contributed by atoms with E-state index in [2.05, 4.69) is 36.5 Å². The van der Waals surface area contributed by atoms with Gasteiger partial charge in [0.15, 0.2) is 0 Å². The van der Waals surface area contributed by atoms with Gasteiger partial charge in [-0.3, -0.25) is 0 Å². The Morgan fingerprint density at radius 2 is 1.80 bits per heavy atom. The zero-order chi connectivity index (χ0) is 14.2. The molecule has 0 spiro atoms. The summed E-state index contributed by atoms with van der Waals surface area (Å²) in [5.41, 5.74) is 1.31. The van der Waals surface area contributed by atoms with Crippen molar-refractivity contribution in [2.75, 3.05) is 33.4 Å². The Hall–Kier alpha value is -1.58. The summed E-state index contributed by atoms with van der Waals surface area (Å²) in [6.45, 7) is 5.53. The van der Waals surface area contributed by atoms with E-state index in [1.165, 1.54) is 16.3 Å². The molecule has 0 aliphatic heterocycles. The van der Waals surface area contributed by atoms with Gasteiger partial charge >= 0.3 is 0 Å². The molecule has 3 heteroatoms. The highest BCUT2D eigenvalue weighted by molar-refractivity contribution is 5.91. The Morgan fingerprint density at radius 3 is 2.55 bits per heavy atom. The molecule has 108 valence electrons. The van der Waals surface area contributed by atoms with E-state index >= 15 is 0 Å². The molecular formula is C17H23NO2. The fourth-order valence-corrected chi connectivity index (χ4v) is 2.34. The summed E-state index contributed by atoms with van der Waals surface area (Å²) in [7, 11) is 1.71. The lowest BCUT2D eigenvalue weighted by atomic mass is 10.0. The van der Waals surface area contributed by atoms with Gasteiger partial charge in [0.1, 0.15) is 5.75 Å². The number of likely N-dealkylation sites (N-methyl/N-ethyl adjacent to an activating group) is 1. The lowest BCUT2D eigenvalue weighted by Gasteiger charge is -2.11. The smallest absolute Gasteiger partial charge is 0.126 e. The molecule has 0 bridgehead atoms. The first-order valence-electron chi connectivity index (χ1n) is 7.20. The lowest BCUT2D eigenvalue weighted by molar-refractivity contribution is 0.139. The minimum Gasteiger partial charge on any atom is -0.496 e. The summed E-state index contributed by atoms with van der Waals surface area (Å²) in [5, 5.41) is 5.67. The SMILES string of the molecule is CCNCCOCCc1ccc(OC)c2ccccc12. The monoisotopic (exact) mass is 273 g/mol. The van der Waals surface area contributed by atoms with Crippen molar-refractivity contribution in [3.05, 3.63) is 42.0 Å². The van der Waals surface area contributed by atoms with E-state index in [-0.39, 0.29) is 0 Å². The van der Waals surface area contributed by atoms with Crippen LogP contribution in [0.15, 0.2) is 36.4 Å². The topological polar surface area (TPSA) is 30.5 Å². The number of nitrogens with one attached hydrogen (secondary N) is 1. The van der Waals surface area contributed by atoms with Crippen molar-refractivity contribution in [1.29, 1.82) is 0 Å². The standard InChI is InChI=1S/C17H23NO2/c1-3-18-11-13-20-12-10-14-8-9-17(19-2)16-7-5-4-6-15(14)16/h4-9,18H,3,10-13H2,1-2H3. The molecule has 20 heavy (non-hydrogen) atoms. The maximum absolute atomic E-state index is 5.65. The van der Waals surface area contributed by atoms with E-state index in [1.807, 2.05) is 12.1 Å². The average Bonchev–Trinajstić information content (AvgIpc) is 2.50. The van der Waals surface area contributed by atoms with Gasteiger partial charge in [-0.1, -0.05) is 37.3 Å². The Bertz CT molecular complexity index is 540. The van der Waals surface area contributed by atoms with E-state index < -0.39 is 0 Å². The highest BCUT2D eigenvalue weighted by atomic mass is 16.5. The van der Waals surface area contributed by atoms with Crippen LogP contribution in [0, 0.1) is 0 Å². The Labute approximate surface area is 120 Å². The third kappa shape index (κ3) is 3.71. The fourth-order valence-electron chi connectivity index (χ4n) is 2.34. The number of ether oxygens (including phenoxy) is 2. The molecule has 0 radical (unpaired) electrons. The van der Waals surface area contributed by atoms with Crippen LogP contribution in [0.5, 0.6) is 5.75 Å². The van der Waals surface area contributed by atoms with Crippen LogP contribution in [0.2, 0.25) is 0 Å². The fraction of sp³-hybridized carbons (Fsp3) is 0.412. The van der Waals surface area contributed by atoms with Gasteiger partial charge in [0.25, 0.3) is 0 Å². The second-order valence-electron chi connectivity index (χ2n) is 4.69. The van der Waals surface area contributed by atoms with Crippen molar-refractivity contribution in [3.63, 3.8) is 0 Å². The van der Waals surface area contributed by atoms with Gasteiger partial charge in [-0.2, -0.15) is 0 Å². The zero-order valence-corrected chi connectivity index (χ0v) is 12.3. The summed E-state index contributed by atoms with van der Waals surface area (Å²) < 4.78 is 11.1. The van der Waals surface area contributed by atoms with Crippen LogP contribution >= 0.6 is 0 Å². The van der Waals surface area contributed by atoms with E-state index in [4.69, 9.17) is 9.47 Å². The number of rotatable bonds is 8. The van der Waals surface area contributed by atoms with Crippen molar-refractivity contribution in [3.8, 4) is 5.75 Å². The Balaban J connectivity index is 2.00. The molecule has 2 aromatic rings. The molecule has 0 unspecified atom stereocenters. The van der Waals surface area contributed by atoms with Crippen LogP contribution in [0.1, 0.15) is 12.5 Å². The lowest BCUT2D eigenvalue weighted by Crippen LogP contribution is -2.19. The predicted molar refractivity (Wildman–Crippen MR) is 83.6 cm³/mol. The van der Waals surface area contributed by atoms with Crippen LogP contribution in [-0.2, 0) is 11.2 Å². The highest BCUT2D eigenvalue weighted by Gasteiger charge is 2.05. The number of hydrogen-bond donors (Lipinski definition) is 1. The van der Waals surface area contributed by atoms with Gasteiger partial charge in [-0.15, -0.1) is 0 Å². The van der Waals surface area contributed by atoms with E-state index in [0.717, 1.165) is 38.5 Å². The number of fused-ring (bicyclic) bond motifs is 1. The number of benzene rings is 2. The molecule has 3 nitrogen and oxygen atoms in total. The molecule has 0 saturated carbocycles. The third-order valence-electron chi connectivity index (χ3n) is 3.38. The van der Waals surface area contributed by atoms with E-state index in [9.17, 15) is 0 Å². The van der Waals surface area contributed by atoms with Crippen molar-refractivity contribution >= 4 is 10.8 Å². The molecule has 0 aromatic heterocycles. The molecular weight excluding hydrogens is 250 g/mol. The molecule has 0 aliphatic carbocycles. The van der Waals surface area contributed by atoms with Crippen LogP contribution in [0.3, 0.4) is 0 Å². The van der Waals surface area contributed by atoms with Crippen LogP contribution in [-0.4, -0.2) is 33.4 Å². The van der Waals surface area contributed by atoms with E-state index in [1.54, 1.807) is 7.11 Å². The van der Waals surface area contributed by atoms with Crippen molar-refractivity contribution in [1.82, 2.24) is 5.32 Å². The summed E-state index contributed by atoms with van der Waals surface area (Å²) in [5.74, 6) is 0.928. The predicted octanol–water partition coefficient (Wildman–Crippen LogP) is 3.02. The van der Waals surface area contributed by atoms with Crippen LogP contribution in [0.4, 0.5) is 0 Å². The van der Waals surface area contributed by atoms with Crippen molar-refractivity contribution in [2.24, 2.45) is 0 Å². The van der Waals surface area contributed by atoms with Crippen molar-refractivity contribution < 1.29 is 9.47 Å². The summed E-state index contributed by atoms with van der Waals surface area (Å²) >= 11 is 0. The molecule has 0 amide bonds. The molecule has 0 atom stereocenters. The molecule has 2 rings (SSSR count). The maximum atomic E-state index is 5.65. The second kappa shape index (κ2) is 7.88. The van der Waals surface area contributed by atoms with Crippen LogP contribution < -0.4 is 10.1 Å². The number of methoxy groups -OCH3 is 1. The zero-order valence-electron chi connectivity index (χ0n) is 12.3. The first-order chi connectivity index (χ1) is 9.86. The van der Waals surface area contributed by atoms with Gasteiger partial charge in [0.2, 0.25) is 0 Å². The van der Waals surface area contributed by atoms with Gasteiger partial charge in [-0.25, -0.2) is 0 Å². The molecule has 2 aromatic carbocycles. The van der Waals surface area contributed by atoms with Gasteiger partial charge in [0.05, 0.1) is 20.3 Å². The van der Waals surface area contributed by atoms with Crippen LogP contribution in [0.25, 0.3) is 10.8 Å². The minimum absolute atomic E-state index is 0.752. The molecule has 0 heterocycles. The summed E-state index contributed by atoms with van der Waals surface area (Å²) in [6.07, 6.45) is 0.927. The summed E-state index contributed by atoms with van der Waals surface area (Å²) in [6, 6.07) is 12.5. The molecule has 1 N–H and O–H groups in total. The first kappa shape index (κ1) is 14.8. The summed E-state index contributed by atoms with van der Waals surface area (Å²) in [4.78, 5) is 0. The average molecular weight is 273 g/mol. The normalized spacial score (nSPS) is 10.9. The van der Waals surface area contributed by atoms with E-state index in [0.29, 0.717) is 0 Å². The first-order valence-corrected chi connectivity index (χ1v) is 7.20. The third-order valence-corrected chi connectivity index (χ3v) is 3.38. The van der Waals surface area contributed by atoms with Gasteiger partial charge < -0.3 is 14.8 Å². The molecule has 0 fully saturated rings. The molecule has 0 saturated heterocycles. The largest absolute Gasteiger partial charge is 0.496 e. The Morgan fingerprint density at radius 1 is 1.00 bits per heavy atom. The molecule has 0 aliphatic rings. The minimum atomic E-state index is 0.752. The van der Waals surface area contributed by atoms with Gasteiger partial charge in [0, 0.05) is 11.9 Å². The quantitative estimate of drug-likeness (QED) is 0.750. The highest BCUT2D eigenvalue weighted by Crippen LogP contribution is 2.28.